The van der Waals surface area contributed by atoms with Gasteiger partial charge < -0.3 is 14.9 Å². The van der Waals surface area contributed by atoms with E-state index in [1.54, 1.807) is 13.0 Å². The van der Waals surface area contributed by atoms with Crippen molar-refractivity contribution >= 4 is 19.2 Å². The lowest BCUT2D eigenvalue weighted by Gasteiger charge is -2.21. The van der Waals surface area contributed by atoms with Crippen molar-refractivity contribution in [2.75, 3.05) is 6.61 Å². The summed E-state index contributed by atoms with van der Waals surface area (Å²) in [5.41, 5.74) is 0.542. The van der Waals surface area contributed by atoms with E-state index < -0.39 is 26.3 Å². The fourth-order valence-electron chi connectivity index (χ4n) is 1.73. The highest BCUT2D eigenvalue weighted by Crippen LogP contribution is 2.18. The summed E-state index contributed by atoms with van der Waals surface area (Å²) in [6.45, 7) is 8.42. The van der Waals surface area contributed by atoms with E-state index in [0.29, 0.717) is 5.56 Å². The van der Waals surface area contributed by atoms with Crippen molar-refractivity contribution in [1.29, 1.82) is 0 Å². The SMILES string of the molecule is CCOC(=O)C(O)C(O)c1cccc([Si](C)(C)C)c1. The predicted molar refractivity (Wildman–Crippen MR) is 77.0 cm³/mol. The van der Waals surface area contributed by atoms with Crippen LogP contribution in [0.2, 0.25) is 19.6 Å². The van der Waals surface area contributed by atoms with Crippen molar-refractivity contribution in [3.63, 3.8) is 0 Å². The third-order valence-electron chi connectivity index (χ3n) is 2.92. The molecule has 0 heterocycles. The summed E-state index contributed by atoms with van der Waals surface area (Å²) in [5, 5.41) is 21.0. The van der Waals surface area contributed by atoms with E-state index in [2.05, 4.69) is 19.6 Å². The van der Waals surface area contributed by atoms with Crippen LogP contribution in [-0.2, 0) is 9.53 Å². The minimum atomic E-state index is -1.54. The number of ether oxygens (including phenoxy) is 1. The maximum absolute atomic E-state index is 11.4. The first-order valence-electron chi connectivity index (χ1n) is 6.40. The summed E-state index contributed by atoms with van der Waals surface area (Å²) in [6, 6.07) is 7.42. The van der Waals surface area contributed by atoms with Crippen molar-refractivity contribution in [1.82, 2.24) is 0 Å². The largest absolute Gasteiger partial charge is 0.464 e. The Balaban J connectivity index is 2.94. The minimum Gasteiger partial charge on any atom is -0.464 e. The Morgan fingerprint density at radius 3 is 2.47 bits per heavy atom. The molecule has 2 unspecified atom stereocenters. The Bertz CT molecular complexity index is 439. The lowest BCUT2D eigenvalue weighted by molar-refractivity contribution is -0.159. The first kappa shape index (κ1) is 15.9. The van der Waals surface area contributed by atoms with Crippen molar-refractivity contribution in [2.45, 2.75) is 38.8 Å². The number of benzene rings is 1. The highest BCUT2D eigenvalue weighted by molar-refractivity contribution is 6.88. The zero-order chi connectivity index (χ0) is 14.6. The normalized spacial score (nSPS) is 14.8. The van der Waals surface area contributed by atoms with Crippen LogP contribution in [0.15, 0.2) is 24.3 Å². The van der Waals surface area contributed by atoms with Gasteiger partial charge in [-0.25, -0.2) is 4.79 Å². The zero-order valence-corrected chi connectivity index (χ0v) is 12.9. The third-order valence-corrected chi connectivity index (χ3v) is 4.96. The fraction of sp³-hybridized carbons (Fsp3) is 0.500. The number of hydrogen-bond donors (Lipinski definition) is 2. The summed E-state index contributed by atoms with van der Waals surface area (Å²) in [7, 11) is -1.50. The summed E-state index contributed by atoms with van der Waals surface area (Å²) >= 11 is 0. The first-order valence-corrected chi connectivity index (χ1v) is 9.90. The molecule has 0 fully saturated rings. The molecule has 0 aliphatic carbocycles. The van der Waals surface area contributed by atoms with Gasteiger partial charge in [-0.05, 0) is 12.5 Å². The van der Waals surface area contributed by atoms with Gasteiger partial charge in [-0.2, -0.15) is 0 Å². The zero-order valence-electron chi connectivity index (χ0n) is 11.9. The molecule has 0 saturated carbocycles. The second-order valence-electron chi connectivity index (χ2n) is 5.52. The maximum Gasteiger partial charge on any atom is 0.338 e. The summed E-state index contributed by atoms with van der Waals surface area (Å²) in [5.74, 6) is -0.798. The van der Waals surface area contributed by atoms with Crippen LogP contribution in [0.3, 0.4) is 0 Å². The van der Waals surface area contributed by atoms with Gasteiger partial charge in [-0.3, -0.25) is 0 Å². The van der Waals surface area contributed by atoms with E-state index in [-0.39, 0.29) is 6.61 Å². The van der Waals surface area contributed by atoms with Crippen LogP contribution >= 0.6 is 0 Å². The van der Waals surface area contributed by atoms with Gasteiger partial charge >= 0.3 is 5.97 Å². The maximum atomic E-state index is 11.4. The number of rotatable bonds is 5. The van der Waals surface area contributed by atoms with E-state index in [0.717, 1.165) is 0 Å². The molecule has 0 radical (unpaired) electrons. The molecular formula is C14H22O4Si. The molecule has 0 bridgehead atoms. The molecule has 19 heavy (non-hydrogen) atoms. The quantitative estimate of drug-likeness (QED) is 0.629. The topological polar surface area (TPSA) is 66.8 Å². The Labute approximate surface area is 115 Å². The Hall–Kier alpha value is -1.17. The molecule has 2 atom stereocenters. The minimum absolute atomic E-state index is 0.178. The lowest BCUT2D eigenvalue weighted by Crippen LogP contribution is -2.38. The summed E-state index contributed by atoms with van der Waals surface area (Å²) < 4.78 is 4.70. The smallest absolute Gasteiger partial charge is 0.338 e. The Morgan fingerprint density at radius 1 is 1.32 bits per heavy atom. The second kappa shape index (κ2) is 6.32. The molecule has 1 aromatic rings. The van der Waals surface area contributed by atoms with Crippen LogP contribution in [0.1, 0.15) is 18.6 Å². The third kappa shape index (κ3) is 4.16. The van der Waals surface area contributed by atoms with Crippen LogP contribution in [0.5, 0.6) is 0 Å². The molecule has 1 aromatic carbocycles. The predicted octanol–water partition coefficient (Wildman–Crippen LogP) is 1.19. The van der Waals surface area contributed by atoms with Crippen molar-refractivity contribution < 1.29 is 19.7 Å². The monoisotopic (exact) mass is 282 g/mol. The van der Waals surface area contributed by atoms with Crippen molar-refractivity contribution in [3.05, 3.63) is 29.8 Å². The number of aliphatic hydroxyl groups excluding tert-OH is 2. The molecule has 0 spiro atoms. The van der Waals surface area contributed by atoms with Gasteiger partial charge in [0.2, 0.25) is 0 Å². The highest BCUT2D eigenvalue weighted by atomic mass is 28.3. The molecule has 0 saturated heterocycles. The average Bonchev–Trinajstić information content (AvgIpc) is 2.36. The van der Waals surface area contributed by atoms with Gasteiger partial charge in [0.25, 0.3) is 0 Å². The molecule has 106 valence electrons. The molecular weight excluding hydrogens is 260 g/mol. The second-order valence-corrected chi connectivity index (χ2v) is 10.6. The van der Waals surface area contributed by atoms with Gasteiger partial charge in [0, 0.05) is 0 Å². The number of esters is 1. The van der Waals surface area contributed by atoms with Crippen LogP contribution in [0.25, 0.3) is 0 Å². The lowest BCUT2D eigenvalue weighted by atomic mass is 10.0. The van der Waals surface area contributed by atoms with Crippen LogP contribution < -0.4 is 5.19 Å². The van der Waals surface area contributed by atoms with Crippen molar-refractivity contribution in [3.8, 4) is 0 Å². The van der Waals surface area contributed by atoms with Gasteiger partial charge in [0.05, 0.1) is 14.7 Å². The van der Waals surface area contributed by atoms with Crippen LogP contribution in [0, 0.1) is 0 Å². The van der Waals surface area contributed by atoms with Gasteiger partial charge in [-0.15, -0.1) is 0 Å². The van der Waals surface area contributed by atoms with Gasteiger partial charge in [0.1, 0.15) is 6.10 Å². The van der Waals surface area contributed by atoms with E-state index in [9.17, 15) is 15.0 Å². The number of carbonyl (C=O) groups is 1. The molecule has 2 N–H and O–H groups in total. The molecule has 0 amide bonds. The molecule has 4 nitrogen and oxygen atoms in total. The molecule has 0 aromatic heterocycles. The molecule has 0 aliphatic rings. The van der Waals surface area contributed by atoms with E-state index in [1.807, 2.05) is 18.2 Å². The molecule has 5 heteroatoms. The Kier molecular flexibility index (Phi) is 5.28. The van der Waals surface area contributed by atoms with Crippen molar-refractivity contribution in [2.24, 2.45) is 0 Å². The fourth-order valence-corrected chi connectivity index (χ4v) is 2.92. The van der Waals surface area contributed by atoms with E-state index in [4.69, 9.17) is 4.74 Å². The molecule has 1 rings (SSSR count). The number of aliphatic hydroxyl groups is 2. The molecule has 0 aliphatic heterocycles. The van der Waals surface area contributed by atoms with E-state index >= 15 is 0 Å². The average molecular weight is 282 g/mol. The highest BCUT2D eigenvalue weighted by Gasteiger charge is 2.27. The van der Waals surface area contributed by atoms with Gasteiger partial charge in [-0.1, -0.05) is 49.1 Å². The number of carbonyl (C=O) groups excluding carboxylic acids is 1. The van der Waals surface area contributed by atoms with Crippen LogP contribution in [0.4, 0.5) is 0 Å². The van der Waals surface area contributed by atoms with Crippen LogP contribution in [-0.4, -0.2) is 37.0 Å². The summed E-state index contributed by atoms with van der Waals surface area (Å²) in [6.07, 6.45) is -2.80. The van der Waals surface area contributed by atoms with E-state index in [1.165, 1.54) is 5.19 Å². The summed E-state index contributed by atoms with van der Waals surface area (Å²) in [4.78, 5) is 11.4. The standard InChI is InChI=1S/C14H22O4Si/c1-5-18-14(17)13(16)12(15)10-7-6-8-11(9-10)19(2,3)4/h6-9,12-13,15-16H,5H2,1-4H3. The first-order chi connectivity index (χ1) is 8.77. The Morgan fingerprint density at radius 2 is 1.95 bits per heavy atom. The van der Waals surface area contributed by atoms with Gasteiger partial charge in [0.15, 0.2) is 6.10 Å². The number of hydrogen-bond acceptors (Lipinski definition) is 4.